The molecule has 0 bridgehead atoms. The van der Waals surface area contributed by atoms with Crippen molar-refractivity contribution in [1.29, 1.82) is 0 Å². The number of guanidine groups is 1. The largest absolute Gasteiger partial charge is 0.359 e. The standard InChI is InChI=1S/C16H26N4OS/c1-17-15(21)11-13-4-8-20(9-5-13)16(18-2)19-7-3-14-6-10-22-12-14/h6,10,12-13H,3-5,7-9,11H2,1-2H3,(H,17,21)(H,18,19). The summed E-state index contributed by atoms with van der Waals surface area (Å²) in [4.78, 5) is 18.1. The molecule has 1 aliphatic rings. The van der Waals surface area contributed by atoms with Gasteiger partial charge in [-0.2, -0.15) is 11.3 Å². The number of hydrogen-bond donors (Lipinski definition) is 2. The summed E-state index contributed by atoms with van der Waals surface area (Å²) in [5, 5.41) is 10.5. The van der Waals surface area contributed by atoms with Gasteiger partial charge in [0.25, 0.3) is 0 Å². The van der Waals surface area contributed by atoms with Crippen LogP contribution in [0.5, 0.6) is 0 Å². The zero-order chi connectivity index (χ0) is 15.8. The number of amides is 1. The van der Waals surface area contributed by atoms with Crippen LogP contribution < -0.4 is 10.6 Å². The van der Waals surface area contributed by atoms with Crippen LogP contribution in [-0.2, 0) is 11.2 Å². The molecule has 0 radical (unpaired) electrons. The Hall–Kier alpha value is -1.56. The van der Waals surface area contributed by atoms with Crippen molar-refractivity contribution in [1.82, 2.24) is 15.5 Å². The van der Waals surface area contributed by atoms with Crippen molar-refractivity contribution in [3.8, 4) is 0 Å². The summed E-state index contributed by atoms with van der Waals surface area (Å²) < 4.78 is 0. The molecule has 2 rings (SSSR count). The lowest BCUT2D eigenvalue weighted by Crippen LogP contribution is -2.46. The van der Waals surface area contributed by atoms with Crippen LogP contribution in [0.1, 0.15) is 24.8 Å². The number of likely N-dealkylation sites (tertiary alicyclic amines) is 1. The minimum atomic E-state index is 0.150. The van der Waals surface area contributed by atoms with E-state index >= 15 is 0 Å². The van der Waals surface area contributed by atoms with Crippen LogP contribution in [0.4, 0.5) is 0 Å². The second-order valence-corrected chi connectivity index (χ2v) is 6.44. The summed E-state index contributed by atoms with van der Waals surface area (Å²) in [6.07, 6.45) is 3.78. The maximum atomic E-state index is 11.4. The first-order valence-electron chi connectivity index (χ1n) is 7.90. The first-order chi connectivity index (χ1) is 10.7. The molecule has 1 amide bonds. The lowest BCUT2D eigenvalue weighted by molar-refractivity contribution is -0.121. The Labute approximate surface area is 136 Å². The smallest absolute Gasteiger partial charge is 0.220 e. The van der Waals surface area contributed by atoms with Gasteiger partial charge in [0.05, 0.1) is 0 Å². The Balaban J connectivity index is 1.72. The number of thiophene rings is 1. The van der Waals surface area contributed by atoms with Crippen molar-refractivity contribution in [3.63, 3.8) is 0 Å². The fourth-order valence-electron chi connectivity index (χ4n) is 2.80. The Morgan fingerprint density at radius 2 is 2.23 bits per heavy atom. The molecular weight excluding hydrogens is 296 g/mol. The SMILES string of the molecule is CN=C(NCCc1ccsc1)N1CCC(CC(=O)NC)CC1. The number of aliphatic imine (C=N–C) groups is 1. The van der Waals surface area contributed by atoms with Crippen LogP contribution in [-0.4, -0.2) is 50.5 Å². The Kier molecular flexibility index (Phi) is 6.71. The normalized spacial score (nSPS) is 16.6. The van der Waals surface area contributed by atoms with Gasteiger partial charge in [0.2, 0.25) is 5.91 Å². The van der Waals surface area contributed by atoms with Gasteiger partial charge < -0.3 is 15.5 Å². The molecule has 0 aliphatic carbocycles. The fraction of sp³-hybridized carbons (Fsp3) is 0.625. The molecule has 5 nitrogen and oxygen atoms in total. The highest BCUT2D eigenvalue weighted by Gasteiger charge is 2.22. The minimum absolute atomic E-state index is 0.150. The maximum Gasteiger partial charge on any atom is 0.220 e. The highest BCUT2D eigenvalue weighted by Crippen LogP contribution is 2.20. The van der Waals surface area contributed by atoms with E-state index in [0.29, 0.717) is 12.3 Å². The van der Waals surface area contributed by atoms with Crippen LogP contribution in [0.15, 0.2) is 21.8 Å². The molecule has 0 saturated carbocycles. The molecule has 2 heterocycles. The molecular formula is C16H26N4OS. The van der Waals surface area contributed by atoms with Gasteiger partial charge in [0, 0.05) is 40.2 Å². The molecule has 1 fully saturated rings. The first-order valence-corrected chi connectivity index (χ1v) is 8.84. The van der Waals surface area contributed by atoms with Crippen LogP contribution in [0.3, 0.4) is 0 Å². The van der Waals surface area contributed by atoms with E-state index in [2.05, 4.69) is 37.4 Å². The molecule has 22 heavy (non-hydrogen) atoms. The zero-order valence-corrected chi connectivity index (χ0v) is 14.3. The quantitative estimate of drug-likeness (QED) is 0.641. The van der Waals surface area contributed by atoms with E-state index in [1.807, 2.05) is 7.05 Å². The van der Waals surface area contributed by atoms with Crippen LogP contribution in [0, 0.1) is 5.92 Å². The summed E-state index contributed by atoms with van der Waals surface area (Å²) in [7, 11) is 3.54. The summed E-state index contributed by atoms with van der Waals surface area (Å²) >= 11 is 1.74. The molecule has 6 heteroatoms. The molecule has 122 valence electrons. The molecule has 0 atom stereocenters. The molecule has 1 aromatic rings. The topological polar surface area (TPSA) is 56.7 Å². The van der Waals surface area contributed by atoms with Gasteiger partial charge >= 0.3 is 0 Å². The van der Waals surface area contributed by atoms with Gasteiger partial charge in [-0.25, -0.2) is 0 Å². The van der Waals surface area contributed by atoms with Crippen LogP contribution in [0.25, 0.3) is 0 Å². The predicted molar refractivity (Wildman–Crippen MR) is 92.4 cm³/mol. The minimum Gasteiger partial charge on any atom is -0.359 e. The second kappa shape index (κ2) is 8.78. The van der Waals surface area contributed by atoms with Gasteiger partial charge in [-0.15, -0.1) is 0 Å². The third-order valence-corrected chi connectivity index (χ3v) is 4.89. The van der Waals surface area contributed by atoms with Crippen LogP contribution in [0.2, 0.25) is 0 Å². The number of nitrogens with zero attached hydrogens (tertiary/aromatic N) is 2. The molecule has 0 aromatic carbocycles. The lowest BCUT2D eigenvalue weighted by atomic mass is 9.93. The van der Waals surface area contributed by atoms with Crippen molar-refractivity contribution in [2.24, 2.45) is 10.9 Å². The molecule has 0 spiro atoms. The van der Waals surface area contributed by atoms with Crippen molar-refractivity contribution in [3.05, 3.63) is 22.4 Å². The van der Waals surface area contributed by atoms with E-state index < -0.39 is 0 Å². The molecule has 1 aliphatic heterocycles. The van der Waals surface area contributed by atoms with E-state index in [1.165, 1.54) is 5.56 Å². The number of rotatable bonds is 5. The summed E-state index contributed by atoms with van der Waals surface area (Å²) in [6, 6.07) is 2.17. The van der Waals surface area contributed by atoms with E-state index in [0.717, 1.165) is 44.9 Å². The summed E-state index contributed by atoms with van der Waals surface area (Å²) in [5.41, 5.74) is 1.37. The van der Waals surface area contributed by atoms with Gasteiger partial charge in [-0.3, -0.25) is 9.79 Å². The number of carbonyl (C=O) groups excluding carboxylic acids is 1. The van der Waals surface area contributed by atoms with Gasteiger partial charge in [0.1, 0.15) is 0 Å². The van der Waals surface area contributed by atoms with Gasteiger partial charge in [-0.05, 0) is 47.6 Å². The highest BCUT2D eigenvalue weighted by atomic mass is 32.1. The average Bonchev–Trinajstić information content (AvgIpc) is 3.06. The monoisotopic (exact) mass is 322 g/mol. The number of piperidine rings is 1. The van der Waals surface area contributed by atoms with Gasteiger partial charge in [-0.1, -0.05) is 0 Å². The summed E-state index contributed by atoms with van der Waals surface area (Å²) in [5.74, 6) is 1.63. The van der Waals surface area contributed by atoms with Crippen molar-refractivity contribution in [2.75, 3.05) is 33.7 Å². The Morgan fingerprint density at radius 1 is 1.45 bits per heavy atom. The number of hydrogen-bond acceptors (Lipinski definition) is 3. The lowest BCUT2D eigenvalue weighted by Gasteiger charge is -2.34. The number of carbonyl (C=O) groups is 1. The van der Waals surface area contributed by atoms with Crippen molar-refractivity contribution in [2.45, 2.75) is 25.7 Å². The molecule has 1 aromatic heterocycles. The third kappa shape index (κ3) is 5.02. The number of nitrogens with one attached hydrogen (secondary N) is 2. The second-order valence-electron chi connectivity index (χ2n) is 5.66. The molecule has 1 saturated heterocycles. The third-order valence-electron chi connectivity index (χ3n) is 4.16. The average molecular weight is 322 g/mol. The van der Waals surface area contributed by atoms with Crippen LogP contribution >= 0.6 is 11.3 Å². The fourth-order valence-corrected chi connectivity index (χ4v) is 3.50. The van der Waals surface area contributed by atoms with E-state index in [1.54, 1.807) is 18.4 Å². The van der Waals surface area contributed by atoms with E-state index in [9.17, 15) is 4.79 Å². The first kappa shape index (κ1) is 16.8. The van der Waals surface area contributed by atoms with Crippen molar-refractivity contribution >= 4 is 23.2 Å². The summed E-state index contributed by atoms with van der Waals surface area (Å²) in [6.45, 7) is 2.85. The van der Waals surface area contributed by atoms with E-state index in [4.69, 9.17) is 0 Å². The predicted octanol–water partition coefficient (Wildman–Crippen LogP) is 1.71. The van der Waals surface area contributed by atoms with E-state index in [-0.39, 0.29) is 5.91 Å². The Morgan fingerprint density at radius 3 is 2.82 bits per heavy atom. The molecule has 2 N–H and O–H groups in total. The zero-order valence-electron chi connectivity index (χ0n) is 13.5. The molecule has 0 unspecified atom stereocenters. The van der Waals surface area contributed by atoms with Gasteiger partial charge in [0.15, 0.2) is 5.96 Å². The Bertz CT molecular complexity index is 478. The van der Waals surface area contributed by atoms with Crippen molar-refractivity contribution < 1.29 is 4.79 Å². The highest BCUT2D eigenvalue weighted by molar-refractivity contribution is 7.07. The maximum absolute atomic E-state index is 11.4.